The minimum atomic E-state index is -0.211. The minimum Gasteiger partial charge on any atom is -0.335 e. The number of benzene rings is 3. The van der Waals surface area contributed by atoms with Gasteiger partial charge in [0.25, 0.3) is 5.91 Å². The lowest BCUT2D eigenvalue weighted by Crippen LogP contribution is -2.27. The normalized spacial score (nSPS) is 10.7. The number of aryl methyl sites for hydroxylation is 1. The summed E-state index contributed by atoms with van der Waals surface area (Å²) in [7, 11) is 1.77. The molecule has 0 aliphatic heterocycles. The van der Waals surface area contributed by atoms with Crippen LogP contribution < -0.4 is 0 Å². The summed E-state index contributed by atoms with van der Waals surface area (Å²) in [6.07, 6.45) is 0. The van der Waals surface area contributed by atoms with Crippen molar-refractivity contribution in [3.8, 4) is 17.1 Å². The van der Waals surface area contributed by atoms with Gasteiger partial charge in [-0.15, -0.1) is 5.10 Å². The van der Waals surface area contributed by atoms with E-state index in [0.717, 1.165) is 22.4 Å². The Hall–Kier alpha value is -3.73. The topological polar surface area (TPSA) is 51.0 Å². The molecule has 0 aliphatic carbocycles. The van der Waals surface area contributed by atoms with E-state index in [9.17, 15) is 4.79 Å². The van der Waals surface area contributed by atoms with Crippen molar-refractivity contribution in [2.75, 3.05) is 7.05 Å². The molecule has 0 unspecified atom stereocenters. The smallest absolute Gasteiger partial charge is 0.293 e. The van der Waals surface area contributed by atoms with Gasteiger partial charge in [-0.2, -0.15) is 0 Å². The number of nitrogens with zero attached hydrogens (tertiary/aromatic N) is 4. The van der Waals surface area contributed by atoms with Crippen molar-refractivity contribution in [3.63, 3.8) is 0 Å². The van der Waals surface area contributed by atoms with Gasteiger partial charge in [0.05, 0.1) is 5.69 Å². The highest BCUT2D eigenvalue weighted by Crippen LogP contribution is 2.22. The first-order valence-electron chi connectivity index (χ1n) is 9.51. The molecule has 1 amide bonds. The minimum absolute atomic E-state index is 0.184. The van der Waals surface area contributed by atoms with Crippen LogP contribution in [0.3, 0.4) is 0 Å². The summed E-state index contributed by atoms with van der Waals surface area (Å²) < 4.78 is 1.74. The molecule has 5 heteroatoms. The number of carbonyl (C=O) groups is 1. The van der Waals surface area contributed by atoms with Crippen molar-refractivity contribution in [2.24, 2.45) is 0 Å². The molecule has 0 saturated carbocycles. The number of hydrogen-bond donors (Lipinski definition) is 0. The van der Waals surface area contributed by atoms with Gasteiger partial charge in [-0.1, -0.05) is 72.8 Å². The number of carbonyl (C=O) groups excluding carboxylic acids is 1. The van der Waals surface area contributed by atoms with Crippen molar-refractivity contribution < 1.29 is 4.79 Å². The fourth-order valence-corrected chi connectivity index (χ4v) is 3.22. The summed E-state index contributed by atoms with van der Waals surface area (Å²) in [6, 6.07) is 27.7. The number of hydrogen-bond acceptors (Lipinski definition) is 3. The fourth-order valence-electron chi connectivity index (χ4n) is 3.22. The van der Waals surface area contributed by atoms with Crippen molar-refractivity contribution in [1.29, 1.82) is 0 Å². The molecule has 0 atom stereocenters. The van der Waals surface area contributed by atoms with E-state index in [-0.39, 0.29) is 11.7 Å². The van der Waals surface area contributed by atoms with Gasteiger partial charge >= 0.3 is 0 Å². The SMILES string of the molecule is Cc1cccc(-n2nc(C(=O)N(C)Cc3ccccc3)nc2-c2ccccc2)c1. The molecule has 4 aromatic rings. The molecule has 0 radical (unpaired) electrons. The molecule has 0 saturated heterocycles. The molecule has 0 spiro atoms. The summed E-state index contributed by atoms with van der Waals surface area (Å²) in [5, 5.41) is 4.57. The van der Waals surface area contributed by atoms with Gasteiger partial charge in [0, 0.05) is 19.2 Å². The van der Waals surface area contributed by atoms with Gasteiger partial charge in [0.1, 0.15) is 0 Å². The molecule has 4 rings (SSSR count). The van der Waals surface area contributed by atoms with Crippen LogP contribution in [0.15, 0.2) is 84.9 Å². The predicted octanol–water partition coefficient (Wildman–Crippen LogP) is 4.51. The van der Waals surface area contributed by atoms with Crippen LogP contribution in [0, 0.1) is 6.92 Å². The third kappa shape index (κ3) is 4.09. The zero-order valence-electron chi connectivity index (χ0n) is 16.5. The van der Waals surface area contributed by atoms with Crippen LogP contribution in [-0.4, -0.2) is 32.6 Å². The van der Waals surface area contributed by atoms with Crippen LogP contribution in [0.2, 0.25) is 0 Å². The molecule has 3 aromatic carbocycles. The Morgan fingerprint density at radius 2 is 1.62 bits per heavy atom. The van der Waals surface area contributed by atoms with Crippen LogP contribution in [0.25, 0.3) is 17.1 Å². The van der Waals surface area contributed by atoms with Crippen molar-refractivity contribution in [1.82, 2.24) is 19.7 Å². The first-order valence-corrected chi connectivity index (χ1v) is 9.51. The summed E-state index contributed by atoms with van der Waals surface area (Å²) >= 11 is 0. The fraction of sp³-hybridized carbons (Fsp3) is 0.125. The molecule has 1 heterocycles. The molecular formula is C24H22N4O. The van der Waals surface area contributed by atoms with Gasteiger partial charge in [-0.25, -0.2) is 9.67 Å². The van der Waals surface area contributed by atoms with Crippen LogP contribution >= 0.6 is 0 Å². The summed E-state index contributed by atoms with van der Waals surface area (Å²) in [5.41, 5.74) is 3.96. The Balaban J connectivity index is 1.72. The summed E-state index contributed by atoms with van der Waals surface area (Å²) in [4.78, 5) is 19.3. The van der Waals surface area contributed by atoms with E-state index in [1.165, 1.54) is 0 Å². The lowest BCUT2D eigenvalue weighted by atomic mass is 10.2. The van der Waals surface area contributed by atoms with Crippen molar-refractivity contribution in [2.45, 2.75) is 13.5 Å². The summed E-state index contributed by atoms with van der Waals surface area (Å²) in [6.45, 7) is 2.53. The maximum absolute atomic E-state index is 13.0. The average molecular weight is 382 g/mol. The highest BCUT2D eigenvalue weighted by molar-refractivity contribution is 5.90. The van der Waals surface area contributed by atoms with Gasteiger partial charge < -0.3 is 4.90 Å². The van der Waals surface area contributed by atoms with E-state index in [1.54, 1.807) is 16.6 Å². The van der Waals surface area contributed by atoms with E-state index in [2.05, 4.69) is 10.1 Å². The third-order valence-corrected chi connectivity index (χ3v) is 4.69. The Morgan fingerprint density at radius 3 is 2.31 bits per heavy atom. The third-order valence-electron chi connectivity index (χ3n) is 4.69. The first kappa shape index (κ1) is 18.6. The molecule has 0 N–H and O–H groups in total. The lowest BCUT2D eigenvalue weighted by molar-refractivity contribution is 0.0773. The second-order valence-corrected chi connectivity index (χ2v) is 7.02. The second-order valence-electron chi connectivity index (χ2n) is 7.02. The predicted molar refractivity (Wildman–Crippen MR) is 114 cm³/mol. The van der Waals surface area contributed by atoms with E-state index >= 15 is 0 Å². The highest BCUT2D eigenvalue weighted by atomic mass is 16.2. The standard InChI is InChI=1S/C24H22N4O/c1-18-10-9-15-21(16-18)28-23(20-13-7-4-8-14-20)25-22(26-28)24(29)27(2)17-19-11-5-3-6-12-19/h3-16H,17H2,1-2H3. The monoisotopic (exact) mass is 382 g/mol. The van der Waals surface area contributed by atoms with Crippen LogP contribution in [0.5, 0.6) is 0 Å². The number of amides is 1. The van der Waals surface area contributed by atoms with E-state index in [0.29, 0.717) is 12.4 Å². The highest BCUT2D eigenvalue weighted by Gasteiger charge is 2.21. The Labute approximate surface area is 170 Å². The van der Waals surface area contributed by atoms with Gasteiger partial charge in [0.15, 0.2) is 5.82 Å². The van der Waals surface area contributed by atoms with Crippen LogP contribution in [-0.2, 0) is 6.54 Å². The largest absolute Gasteiger partial charge is 0.335 e. The van der Waals surface area contributed by atoms with E-state index < -0.39 is 0 Å². The van der Waals surface area contributed by atoms with E-state index in [4.69, 9.17) is 0 Å². The van der Waals surface area contributed by atoms with E-state index in [1.807, 2.05) is 91.9 Å². The van der Waals surface area contributed by atoms with Crippen molar-refractivity contribution in [3.05, 3.63) is 102 Å². The molecule has 29 heavy (non-hydrogen) atoms. The first-order chi connectivity index (χ1) is 14.1. The zero-order valence-corrected chi connectivity index (χ0v) is 16.5. The molecule has 144 valence electrons. The molecule has 0 fully saturated rings. The Kier molecular flexibility index (Phi) is 5.20. The molecule has 5 nitrogen and oxygen atoms in total. The summed E-state index contributed by atoms with van der Waals surface area (Å²) in [5.74, 6) is 0.619. The maximum atomic E-state index is 13.0. The van der Waals surface area contributed by atoms with Gasteiger partial charge in [-0.05, 0) is 30.2 Å². The van der Waals surface area contributed by atoms with Crippen LogP contribution in [0.1, 0.15) is 21.7 Å². The number of aromatic nitrogens is 3. The van der Waals surface area contributed by atoms with Gasteiger partial charge in [-0.3, -0.25) is 4.79 Å². The van der Waals surface area contributed by atoms with Crippen LogP contribution in [0.4, 0.5) is 0 Å². The molecule has 1 aromatic heterocycles. The zero-order chi connectivity index (χ0) is 20.2. The second kappa shape index (κ2) is 8.10. The Bertz CT molecular complexity index is 1120. The van der Waals surface area contributed by atoms with Gasteiger partial charge in [0.2, 0.25) is 5.82 Å². The molecule has 0 bridgehead atoms. The molecule has 0 aliphatic rings. The maximum Gasteiger partial charge on any atom is 0.293 e. The quantitative estimate of drug-likeness (QED) is 0.510. The van der Waals surface area contributed by atoms with Crippen molar-refractivity contribution >= 4 is 5.91 Å². The lowest BCUT2D eigenvalue weighted by Gasteiger charge is -2.15. The Morgan fingerprint density at radius 1 is 0.931 bits per heavy atom. The average Bonchev–Trinajstić information content (AvgIpc) is 3.20. The number of rotatable bonds is 5. The molecular weight excluding hydrogens is 360 g/mol.